The van der Waals surface area contributed by atoms with Crippen molar-refractivity contribution in [3.8, 4) is 5.75 Å². The van der Waals surface area contributed by atoms with Crippen LogP contribution in [0.3, 0.4) is 0 Å². The molecular weight excluding hydrogens is 264 g/mol. The summed E-state index contributed by atoms with van der Waals surface area (Å²) in [5.74, 6) is -1.17. The molecule has 110 valence electrons. The predicted octanol–water partition coefficient (Wildman–Crippen LogP) is 2.37. The molecule has 7 heteroatoms. The summed E-state index contributed by atoms with van der Waals surface area (Å²) in [6.07, 6.45) is 0. The molecule has 0 saturated carbocycles. The summed E-state index contributed by atoms with van der Waals surface area (Å²) in [5, 5.41) is 22.9. The Morgan fingerprint density at radius 2 is 2.15 bits per heavy atom. The third kappa shape index (κ3) is 3.84. The van der Waals surface area contributed by atoms with Crippen LogP contribution in [0.4, 0.5) is 11.4 Å². The van der Waals surface area contributed by atoms with Crippen LogP contribution in [0.2, 0.25) is 0 Å². The Labute approximate surface area is 116 Å². The third-order valence-corrected chi connectivity index (χ3v) is 3.03. The number of nitrogens with zero attached hydrogens (tertiary/aromatic N) is 1. The molecule has 0 aliphatic carbocycles. The highest BCUT2D eigenvalue weighted by Gasteiger charge is 2.23. The lowest BCUT2D eigenvalue weighted by Gasteiger charge is -2.17. The van der Waals surface area contributed by atoms with E-state index in [9.17, 15) is 14.9 Å². The maximum atomic E-state index is 11.1. The Hall–Kier alpha value is -2.31. The Bertz CT molecular complexity index is 502. The predicted molar refractivity (Wildman–Crippen MR) is 74.1 cm³/mol. The van der Waals surface area contributed by atoms with Crippen LogP contribution < -0.4 is 10.1 Å². The van der Waals surface area contributed by atoms with Crippen LogP contribution >= 0.6 is 0 Å². The van der Waals surface area contributed by atoms with Gasteiger partial charge in [0.15, 0.2) is 0 Å². The summed E-state index contributed by atoms with van der Waals surface area (Å²) >= 11 is 0. The van der Waals surface area contributed by atoms with Crippen LogP contribution in [0.1, 0.15) is 13.8 Å². The van der Waals surface area contributed by atoms with Crippen molar-refractivity contribution >= 4 is 17.3 Å². The quantitative estimate of drug-likeness (QED) is 0.588. The molecule has 0 saturated heterocycles. The van der Waals surface area contributed by atoms with Crippen molar-refractivity contribution in [2.75, 3.05) is 19.0 Å². The van der Waals surface area contributed by atoms with Crippen LogP contribution in [-0.4, -0.2) is 29.7 Å². The van der Waals surface area contributed by atoms with E-state index < -0.39 is 16.8 Å². The van der Waals surface area contributed by atoms with Crippen molar-refractivity contribution in [2.45, 2.75) is 13.8 Å². The van der Waals surface area contributed by atoms with Gasteiger partial charge in [-0.3, -0.25) is 14.9 Å². The molecule has 1 unspecified atom stereocenters. The number of nitrogens with one attached hydrogen (secondary N) is 1. The number of hydrogen-bond acceptors (Lipinski definition) is 5. The largest absolute Gasteiger partial charge is 0.497 e. The highest BCUT2D eigenvalue weighted by atomic mass is 16.6. The molecule has 0 fully saturated rings. The normalized spacial score (nSPS) is 12.0. The molecule has 1 rings (SSSR count). The second-order valence-electron chi connectivity index (χ2n) is 4.71. The molecule has 0 aliphatic heterocycles. The number of aliphatic carboxylic acids is 1. The van der Waals surface area contributed by atoms with Gasteiger partial charge in [-0.1, -0.05) is 13.8 Å². The first-order valence-electron chi connectivity index (χ1n) is 6.16. The molecule has 0 amide bonds. The van der Waals surface area contributed by atoms with Crippen molar-refractivity contribution in [3.63, 3.8) is 0 Å². The van der Waals surface area contributed by atoms with E-state index in [1.54, 1.807) is 13.8 Å². The van der Waals surface area contributed by atoms with Gasteiger partial charge < -0.3 is 15.2 Å². The summed E-state index contributed by atoms with van der Waals surface area (Å²) in [7, 11) is 1.46. The fourth-order valence-corrected chi connectivity index (χ4v) is 1.77. The number of anilines is 1. The summed E-state index contributed by atoms with van der Waals surface area (Å²) in [5.41, 5.74) is 0.139. The highest BCUT2D eigenvalue weighted by molar-refractivity contribution is 5.72. The number of benzene rings is 1. The summed E-state index contributed by atoms with van der Waals surface area (Å²) in [6, 6.07) is 4.30. The Morgan fingerprint density at radius 3 is 2.60 bits per heavy atom. The number of hydrogen-bond donors (Lipinski definition) is 2. The van der Waals surface area contributed by atoms with E-state index in [1.165, 1.54) is 25.3 Å². The maximum Gasteiger partial charge on any atom is 0.308 e. The second kappa shape index (κ2) is 6.74. The monoisotopic (exact) mass is 282 g/mol. The topological polar surface area (TPSA) is 102 Å². The van der Waals surface area contributed by atoms with Gasteiger partial charge in [-0.05, 0) is 12.0 Å². The minimum Gasteiger partial charge on any atom is -0.497 e. The highest BCUT2D eigenvalue weighted by Crippen LogP contribution is 2.29. The van der Waals surface area contributed by atoms with E-state index in [0.717, 1.165) is 0 Å². The van der Waals surface area contributed by atoms with Crippen molar-refractivity contribution < 1.29 is 19.6 Å². The zero-order valence-corrected chi connectivity index (χ0v) is 11.6. The molecule has 20 heavy (non-hydrogen) atoms. The van der Waals surface area contributed by atoms with Crippen molar-refractivity contribution in [1.82, 2.24) is 0 Å². The molecular formula is C13H18N2O5. The lowest BCUT2D eigenvalue weighted by molar-refractivity contribution is -0.384. The maximum absolute atomic E-state index is 11.1. The number of carboxylic acid groups (broad SMARTS) is 1. The average molecular weight is 282 g/mol. The number of carboxylic acids is 1. The standard InChI is InChI=1S/C13H18N2O5/c1-8(2)10(13(16)17)7-14-11-6-9(20-3)4-5-12(11)15(18)19/h4-6,8,10,14H,7H2,1-3H3,(H,16,17). The molecule has 7 nitrogen and oxygen atoms in total. The third-order valence-electron chi connectivity index (χ3n) is 3.03. The van der Waals surface area contributed by atoms with Gasteiger partial charge in [0.2, 0.25) is 0 Å². The summed E-state index contributed by atoms with van der Waals surface area (Å²) in [4.78, 5) is 21.5. The molecule has 0 spiro atoms. The molecule has 0 heterocycles. The van der Waals surface area contributed by atoms with Gasteiger partial charge in [0, 0.05) is 18.7 Å². The Kier molecular flexibility index (Phi) is 5.31. The van der Waals surface area contributed by atoms with Crippen molar-refractivity contribution in [1.29, 1.82) is 0 Å². The van der Waals surface area contributed by atoms with E-state index in [2.05, 4.69) is 5.32 Å². The molecule has 1 atom stereocenters. The Morgan fingerprint density at radius 1 is 1.50 bits per heavy atom. The fourth-order valence-electron chi connectivity index (χ4n) is 1.77. The minimum atomic E-state index is -0.932. The van der Waals surface area contributed by atoms with Crippen LogP contribution in [0.25, 0.3) is 0 Å². The summed E-state index contributed by atoms with van der Waals surface area (Å²) in [6.45, 7) is 3.70. The van der Waals surface area contributed by atoms with Crippen LogP contribution in [0, 0.1) is 22.0 Å². The van der Waals surface area contributed by atoms with Gasteiger partial charge in [0.25, 0.3) is 5.69 Å². The van der Waals surface area contributed by atoms with Gasteiger partial charge in [-0.25, -0.2) is 0 Å². The van der Waals surface area contributed by atoms with Crippen LogP contribution in [0.15, 0.2) is 18.2 Å². The zero-order valence-electron chi connectivity index (χ0n) is 11.6. The Balaban J connectivity index is 2.95. The summed E-state index contributed by atoms with van der Waals surface area (Å²) < 4.78 is 5.01. The molecule has 2 N–H and O–H groups in total. The molecule has 0 aromatic heterocycles. The first-order valence-corrected chi connectivity index (χ1v) is 6.16. The second-order valence-corrected chi connectivity index (χ2v) is 4.71. The number of methoxy groups -OCH3 is 1. The molecule has 1 aromatic carbocycles. The van der Waals surface area contributed by atoms with Gasteiger partial charge in [-0.15, -0.1) is 0 Å². The van der Waals surface area contributed by atoms with Crippen LogP contribution in [0.5, 0.6) is 5.75 Å². The van der Waals surface area contributed by atoms with Crippen molar-refractivity contribution in [3.05, 3.63) is 28.3 Å². The van der Waals surface area contributed by atoms with Gasteiger partial charge in [0.05, 0.1) is 18.0 Å². The number of nitro groups is 1. The average Bonchev–Trinajstić information content (AvgIpc) is 2.37. The van der Waals surface area contributed by atoms with Crippen molar-refractivity contribution in [2.24, 2.45) is 11.8 Å². The van der Waals surface area contributed by atoms with Gasteiger partial charge in [-0.2, -0.15) is 0 Å². The fraction of sp³-hybridized carbons (Fsp3) is 0.462. The van der Waals surface area contributed by atoms with E-state index in [-0.39, 0.29) is 23.8 Å². The molecule has 0 aliphatic rings. The number of ether oxygens (including phenoxy) is 1. The van der Waals surface area contributed by atoms with E-state index in [0.29, 0.717) is 5.75 Å². The molecule has 1 aromatic rings. The van der Waals surface area contributed by atoms with Crippen LogP contribution in [-0.2, 0) is 4.79 Å². The lowest BCUT2D eigenvalue weighted by atomic mass is 9.96. The smallest absolute Gasteiger partial charge is 0.308 e. The first-order chi connectivity index (χ1) is 9.36. The molecule has 0 radical (unpaired) electrons. The number of nitro benzene ring substituents is 1. The van der Waals surface area contributed by atoms with Gasteiger partial charge >= 0.3 is 5.97 Å². The number of rotatable bonds is 7. The SMILES string of the molecule is COc1ccc([N+](=O)[O-])c(NCC(C(=O)O)C(C)C)c1. The van der Waals surface area contributed by atoms with E-state index >= 15 is 0 Å². The lowest BCUT2D eigenvalue weighted by Crippen LogP contribution is -2.27. The number of carbonyl (C=O) groups is 1. The van der Waals surface area contributed by atoms with E-state index in [1.807, 2.05) is 0 Å². The zero-order chi connectivity index (χ0) is 15.3. The van der Waals surface area contributed by atoms with E-state index in [4.69, 9.17) is 9.84 Å². The molecule has 0 bridgehead atoms. The minimum absolute atomic E-state index is 0.0790. The van der Waals surface area contributed by atoms with Gasteiger partial charge in [0.1, 0.15) is 11.4 Å². The first kappa shape index (κ1) is 15.7.